The summed E-state index contributed by atoms with van der Waals surface area (Å²) < 4.78 is 0. The Balaban J connectivity index is 0.00000242. The number of halogens is 1. The van der Waals surface area contributed by atoms with Gasteiger partial charge in [0.15, 0.2) is 0 Å². The summed E-state index contributed by atoms with van der Waals surface area (Å²) in [5.41, 5.74) is 2.44. The van der Waals surface area contributed by atoms with Crippen LogP contribution in [0.4, 0.5) is 0 Å². The Morgan fingerprint density at radius 2 is 2.09 bits per heavy atom. The Kier molecular flexibility index (Phi) is 8.56. The van der Waals surface area contributed by atoms with Crippen LogP contribution in [0.15, 0.2) is 48.1 Å². The van der Waals surface area contributed by atoms with Crippen molar-refractivity contribution in [1.82, 2.24) is 10.2 Å². The molecule has 0 saturated heterocycles. The van der Waals surface area contributed by atoms with Gasteiger partial charge in [-0.2, -0.15) is 0 Å². The lowest BCUT2D eigenvalue weighted by atomic mass is 10.1. The summed E-state index contributed by atoms with van der Waals surface area (Å²) >= 11 is 0. The second-order valence-corrected chi connectivity index (χ2v) is 5.24. The van der Waals surface area contributed by atoms with E-state index in [4.69, 9.17) is 0 Å². The third-order valence-corrected chi connectivity index (χ3v) is 3.71. The summed E-state index contributed by atoms with van der Waals surface area (Å²) in [5, 5.41) is 3.27. The first kappa shape index (κ1) is 18.5. The van der Waals surface area contributed by atoms with E-state index in [1.807, 2.05) is 30.0 Å². The zero-order chi connectivity index (χ0) is 14.9. The van der Waals surface area contributed by atoms with Crippen molar-refractivity contribution in [1.29, 1.82) is 0 Å². The van der Waals surface area contributed by atoms with Crippen LogP contribution in [-0.2, 0) is 4.79 Å². The van der Waals surface area contributed by atoms with E-state index < -0.39 is 0 Å². The van der Waals surface area contributed by atoms with Crippen molar-refractivity contribution in [2.24, 2.45) is 0 Å². The van der Waals surface area contributed by atoms with Gasteiger partial charge in [0, 0.05) is 26.1 Å². The van der Waals surface area contributed by atoms with Crippen LogP contribution in [0.2, 0.25) is 0 Å². The van der Waals surface area contributed by atoms with Gasteiger partial charge in [-0.05, 0) is 25.5 Å². The van der Waals surface area contributed by atoms with Gasteiger partial charge in [0.1, 0.15) is 0 Å². The average Bonchev–Trinajstić information content (AvgIpc) is 2.53. The number of carbonyl (C=O) groups is 1. The molecule has 4 heteroatoms. The van der Waals surface area contributed by atoms with Gasteiger partial charge in [-0.1, -0.05) is 54.1 Å². The molecule has 1 N–H and O–H groups in total. The molecule has 0 aromatic heterocycles. The molecule has 0 atom stereocenters. The third-order valence-electron chi connectivity index (χ3n) is 3.71. The number of carbonyl (C=O) groups excluding carboxylic acids is 1. The standard InChI is InChI=1S/C18H24N2O.ClH/c1-2-20(14-6-9-16-7-4-3-5-8-16)18(21)15-17-10-12-19-13-11-17;/h3-10,19H,2,11-15H2,1H3;1H/b9-6+;. The van der Waals surface area contributed by atoms with E-state index in [9.17, 15) is 4.79 Å². The van der Waals surface area contributed by atoms with Crippen LogP contribution in [0, 0.1) is 0 Å². The van der Waals surface area contributed by atoms with Crippen molar-refractivity contribution < 1.29 is 4.79 Å². The SMILES string of the molecule is CCN(C/C=C/c1ccccc1)C(=O)CC1=CCNCC1.Cl. The molecule has 1 aliphatic rings. The highest BCUT2D eigenvalue weighted by atomic mass is 35.5. The van der Waals surface area contributed by atoms with Crippen molar-refractivity contribution >= 4 is 24.4 Å². The van der Waals surface area contributed by atoms with Crippen LogP contribution >= 0.6 is 12.4 Å². The number of rotatable bonds is 6. The van der Waals surface area contributed by atoms with Crippen molar-refractivity contribution in [3.63, 3.8) is 0 Å². The van der Waals surface area contributed by atoms with Gasteiger partial charge in [0.05, 0.1) is 0 Å². The first-order valence-electron chi connectivity index (χ1n) is 7.67. The molecule has 2 rings (SSSR count). The number of hydrogen-bond acceptors (Lipinski definition) is 2. The molecule has 1 amide bonds. The predicted octanol–water partition coefficient (Wildman–Crippen LogP) is 3.28. The monoisotopic (exact) mass is 320 g/mol. The summed E-state index contributed by atoms with van der Waals surface area (Å²) in [6.45, 7) is 5.34. The molecule has 22 heavy (non-hydrogen) atoms. The molecule has 1 aromatic carbocycles. The van der Waals surface area contributed by atoms with Gasteiger partial charge >= 0.3 is 0 Å². The molecule has 0 aliphatic carbocycles. The quantitative estimate of drug-likeness (QED) is 0.816. The smallest absolute Gasteiger partial charge is 0.226 e. The fourth-order valence-corrected chi connectivity index (χ4v) is 2.42. The molecule has 1 heterocycles. The molecule has 3 nitrogen and oxygen atoms in total. The highest BCUT2D eigenvalue weighted by Gasteiger charge is 2.13. The molecule has 1 aliphatic heterocycles. The fourth-order valence-electron chi connectivity index (χ4n) is 2.42. The van der Waals surface area contributed by atoms with Gasteiger partial charge in [-0.15, -0.1) is 12.4 Å². The van der Waals surface area contributed by atoms with E-state index >= 15 is 0 Å². The molecule has 120 valence electrons. The normalized spacial score (nSPS) is 14.3. The second-order valence-electron chi connectivity index (χ2n) is 5.24. The first-order chi connectivity index (χ1) is 10.3. The zero-order valence-corrected chi connectivity index (χ0v) is 13.9. The largest absolute Gasteiger partial charge is 0.339 e. The molecule has 1 aromatic rings. The van der Waals surface area contributed by atoms with E-state index in [2.05, 4.69) is 35.7 Å². The minimum Gasteiger partial charge on any atom is -0.339 e. The summed E-state index contributed by atoms with van der Waals surface area (Å²) in [6, 6.07) is 10.2. The number of nitrogens with zero attached hydrogens (tertiary/aromatic N) is 1. The van der Waals surface area contributed by atoms with Crippen molar-refractivity contribution in [2.45, 2.75) is 19.8 Å². The van der Waals surface area contributed by atoms with Crippen LogP contribution in [0.3, 0.4) is 0 Å². The van der Waals surface area contributed by atoms with Gasteiger partial charge < -0.3 is 10.2 Å². The van der Waals surface area contributed by atoms with Gasteiger partial charge in [0.2, 0.25) is 5.91 Å². The van der Waals surface area contributed by atoms with E-state index in [0.29, 0.717) is 13.0 Å². The Bertz CT molecular complexity index is 511. The van der Waals surface area contributed by atoms with E-state index in [0.717, 1.165) is 26.1 Å². The minimum atomic E-state index is 0. The van der Waals surface area contributed by atoms with Crippen LogP contribution in [0.5, 0.6) is 0 Å². The molecule has 0 fully saturated rings. The highest BCUT2D eigenvalue weighted by molar-refractivity contribution is 5.85. The highest BCUT2D eigenvalue weighted by Crippen LogP contribution is 2.11. The van der Waals surface area contributed by atoms with E-state index in [-0.39, 0.29) is 18.3 Å². The Labute approximate surface area is 139 Å². The summed E-state index contributed by atoms with van der Waals surface area (Å²) in [4.78, 5) is 14.2. The zero-order valence-electron chi connectivity index (χ0n) is 13.1. The number of hydrogen-bond donors (Lipinski definition) is 1. The number of benzene rings is 1. The maximum atomic E-state index is 12.3. The molecule has 0 spiro atoms. The van der Waals surface area contributed by atoms with Gasteiger partial charge in [-0.25, -0.2) is 0 Å². The maximum Gasteiger partial charge on any atom is 0.226 e. The molecular formula is C18H25ClN2O. The van der Waals surface area contributed by atoms with E-state index in [1.165, 1.54) is 11.1 Å². The summed E-state index contributed by atoms with van der Waals surface area (Å²) in [6.07, 6.45) is 7.83. The lowest BCUT2D eigenvalue weighted by Gasteiger charge is -2.21. The fraction of sp³-hybridized carbons (Fsp3) is 0.389. The van der Waals surface area contributed by atoms with Crippen molar-refractivity contribution in [2.75, 3.05) is 26.2 Å². The average molecular weight is 321 g/mol. The predicted molar refractivity (Wildman–Crippen MR) is 95.2 cm³/mol. The Morgan fingerprint density at radius 3 is 2.73 bits per heavy atom. The molecule has 0 radical (unpaired) electrons. The maximum absolute atomic E-state index is 12.3. The number of likely N-dealkylation sites (N-methyl/N-ethyl adjacent to an activating group) is 1. The Hall–Kier alpha value is -1.58. The van der Waals surface area contributed by atoms with Crippen molar-refractivity contribution in [3.05, 3.63) is 53.6 Å². The summed E-state index contributed by atoms with van der Waals surface area (Å²) in [7, 11) is 0. The lowest BCUT2D eigenvalue weighted by Crippen LogP contribution is -2.32. The third kappa shape index (κ3) is 6.04. The molecular weight excluding hydrogens is 296 g/mol. The van der Waals surface area contributed by atoms with Crippen LogP contribution in [-0.4, -0.2) is 37.0 Å². The van der Waals surface area contributed by atoms with Crippen molar-refractivity contribution in [3.8, 4) is 0 Å². The lowest BCUT2D eigenvalue weighted by molar-refractivity contribution is -0.129. The molecule has 0 unspecified atom stereocenters. The molecule has 0 saturated carbocycles. The van der Waals surface area contributed by atoms with Gasteiger partial charge in [0.25, 0.3) is 0 Å². The summed E-state index contributed by atoms with van der Waals surface area (Å²) in [5.74, 6) is 0.225. The number of amides is 1. The molecule has 0 bridgehead atoms. The first-order valence-corrected chi connectivity index (χ1v) is 7.67. The Morgan fingerprint density at radius 1 is 1.32 bits per heavy atom. The van der Waals surface area contributed by atoms with E-state index in [1.54, 1.807) is 0 Å². The van der Waals surface area contributed by atoms with Crippen LogP contribution in [0.1, 0.15) is 25.3 Å². The van der Waals surface area contributed by atoms with Crippen LogP contribution in [0.25, 0.3) is 6.08 Å². The second kappa shape index (κ2) is 10.2. The van der Waals surface area contributed by atoms with Crippen LogP contribution < -0.4 is 5.32 Å². The van der Waals surface area contributed by atoms with Gasteiger partial charge in [-0.3, -0.25) is 4.79 Å². The topological polar surface area (TPSA) is 32.3 Å². The minimum absolute atomic E-state index is 0. The number of nitrogens with one attached hydrogen (secondary N) is 1.